The maximum atomic E-state index is 14.6. The first-order valence-electron chi connectivity index (χ1n) is 6.97. The Morgan fingerprint density at radius 3 is 3.11 bits per heavy atom. The smallest absolute Gasteiger partial charge is 0.170 e. The van der Waals surface area contributed by atoms with Crippen LogP contribution in [0, 0.1) is 5.82 Å². The number of halogens is 1. The Balaban J connectivity index is 1.77. The van der Waals surface area contributed by atoms with Gasteiger partial charge >= 0.3 is 0 Å². The molecule has 1 aromatic rings. The van der Waals surface area contributed by atoms with E-state index in [2.05, 4.69) is 22.1 Å². The molecule has 1 saturated heterocycles. The van der Waals surface area contributed by atoms with E-state index in [0.29, 0.717) is 24.4 Å². The first-order valence-corrected chi connectivity index (χ1v) is 8.12. The molecule has 0 aromatic carbocycles. The predicted molar refractivity (Wildman–Crippen MR) is 78.2 cm³/mol. The molecule has 0 amide bonds. The Morgan fingerprint density at radius 2 is 2.37 bits per heavy atom. The van der Waals surface area contributed by atoms with Crippen molar-refractivity contribution in [3.8, 4) is 0 Å². The maximum Gasteiger partial charge on any atom is 0.170 e. The van der Waals surface area contributed by atoms with Crippen molar-refractivity contribution < 1.29 is 4.39 Å². The zero-order chi connectivity index (χ0) is 13.2. The molecule has 0 bridgehead atoms. The van der Waals surface area contributed by atoms with Crippen LogP contribution in [0.15, 0.2) is 12.3 Å². The maximum absolute atomic E-state index is 14.6. The highest BCUT2D eigenvalue weighted by molar-refractivity contribution is 7.99. The van der Waals surface area contributed by atoms with Crippen molar-refractivity contribution in [3.05, 3.63) is 23.6 Å². The van der Waals surface area contributed by atoms with Crippen LogP contribution in [0.1, 0.15) is 25.3 Å². The summed E-state index contributed by atoms with van der Waals surface area (Å²) in [7, 11) is 0. The average molecular weight is 281 g/mol. The normalized spacial score (nSPS) is 23.7. The molecular formula is C14H20FN3S. The van der Waals surface area contributed by atoms with Crippen LogP contribution in [0.4, 0.5) is 10.2 Å². The summed E-state index contributed by atoms with van der Waals surface area (Å²) in [6.45, 7) is 3.64. The van der Waals surface area contributed by atoms with Gasteiger partial charge < -0.3 is 10.2 Å². The minimum atomic E-state index is -0.144. The van der Waals surface area contributed by atoms with E-state index < -0.39 is 0 Å². The Kier molecular flexibility index (Phi) is 3.93. The highest BCUT2D eigenvalue weighted by atomic mass is 32.2. The number of aromatic nitrogens is 1. The van der Waals surface area contributed by atoms with E-state index in [-0.39, 0.29) is 5.82 Å². The van der Waals surface area contributed by atoms with Crippen molar-refractivity contribution in [2.24, 2.45) is 0 Å². The Labute approximate surface area is 118 Å². The van der Waals surface area contributed by atoms with Gasteiger partial charge in [0.2, 0.25) is 0 Å². The van der Waals surface area contributed by atoms with Gasteiger partial charge in [0.05, 0.1) is 0 Å². The van der Waals surface area contributed by atoms with Gasteiger partial charge in [-0.05, 0) is 25.8 Å². The molecule has 0 spiro atoms. The lowest BCUT2D eigenvalue weighted by molar-refractivity contribution is 0.565. The largest absolute Gasteiger partial charge is 0.350 e. The molecule has 1 N–H and O–H groups in total. The summed E-state index contributed by atoms with van der Waals surface area (Å²) in [5, 5.41) is 3.36. The van der Waals surface area contributed by atoms with Crippen molar-refractivity contribution in [1.82, 2.24) is 10.3 Å². The van der Waals surface area contributed by atoms with Gasteiger partial charge in [0.1, 0.15) is 0 Å². The van der Waals surface area contributed by atoms with Gasteiger partial charge in [0.15, 0.2) is 11.6 Å². The molecule has 1 aliphatic carbocycles. The fourth-order valence-corrected chi connectivity index (χ4v) is 3.41. The third-order valence-corrected chi connectivity index (χ3v) is 4.94. The number of nitrogens with one attached hydrogen (secondary N) is 1. The quantitative estimate of drug-likeness (QED) is 0.917. The fraction of sp³-hybridized carbons (Fsp3) is 0.643. The first-order chi connectivity index (χ1) is 9.25. The fourth-order valence-electron chi connectivity index (χ4n) is 2.39. The van der Waals surface area contributed by atoms with E-state index in [9.17, 15) is 4.39 Å². The zero-order valence-electron chi connectivity index (χ0n) is 11.2. The second-order valence-electron chi connectivity index (χ2n) is 5.38. The lowest BCUT2D eigenvalue weighted by Crippen LogP contribution is -2.41. The predicted octanol–water partition coefficient (Wildman–Crippen LogP) is 2.41. The van der Waals surface area contributed by atoms with Crippen molar-refractivity contribution >= 4 is 17.6 Å². The van der Waals surface area contributed by atoms with E-state index in [1.54, 1.807) is 12.3 Å². The van der Waals surface area contributed by atoms with Gasteiger partial charge in [-0.15, -0.1) is 0 Å². The number of hydrogen-bond acceptors (Lipinski definition) is 4. The van der Waals surface area contributed by atoms with Crippen LogP contribution >= 0.6 is 11.8 Å². The standard InChI is InChI=1S/C14H20FN3S/c1-10-9-19-7-6-18(10)14-13(15)11(4-5-16-14)8-17-12-2-3-12/h4-5,10,12,17H,2-3,6-9H2,1H3. The molecule has 3 nitrogen and oxygen atoms in total. The average Bonchev–Trinajstić information content (AvgIpc) is 3.23. The molecule has 104 valence electrons. The van der Waals surface area contributed by atoms with Crippen molar-refractivity contribution in [1.29, 1.82) is 0 Å². The van der Waals surface area contributed by atoms with Crippen LogP contribution in [-0.4, -0.2) is 35.1 Å². The number of nitrogens with zero attached hydrogens (tertiary/aromatic N) is 2. The van der Waals surface area contributed by atoms with Gasteiger partial charge in [-0.2, -0.15) is 11.8 Å². The lowest BCUT2D eigenvalue weighted by Gasteiger charge is -2.34. The Bertz CT molecular complexity index is 450. The lowest BCUT2D eigenvalue weighted by atomic mass is 10.2. The minimum Gasteiger partial charge on any atom is -0.350 e. The summed E-state index contributed by atoms with van der Waals surface area (Å²) in [5.74, 6) is 2.49. The second kappa shape index (κ2) is 5.67. The van der Waals surface area contributed by atoms with Crippen LogP contribution in [0.25, 0.3) is 0 Å². The monoisotopic (exact) mass is 281 g/mol. The summed E-state index contributed by atoms with van der Waals surface area (Å²) in [5.41, 5.74) is 0.738. The van der Waals surface area contributed by atoms with Crippen LogP contribution < -0.4 is 10.2 Å². The van der Waals surface area contributed by atoms with E-state index in [4.69, 9.17) is 0 Å². The van der Waals surface area contributed by atoms with E-state index in [1.165, 1.54) is 12.8 Å². The number of anilines is 1. The molecule has 1 aromatic heterocycles. The van der Waals surface area contributed by atoms with Crippen LogP contribution in [0.2, 0.25) is 0 Å². The molecule has 1 saturated carbocycles. The summed E-state index contributed by atoms with van der Waals surface area (Å²) >= 11 is 1.93. The van der Waals surface area contributed by atoms with Crippen molar-refractivity contribution in [2.75, 3.05) is 23.0 Å². The number of pyridine rings is 1. The van der Waals surface area contributed by atoms with Crippen molar-refractivity contribution in [2.45, 2.75) is 38.4 Å². The van der Waals surface area contributed by atoms with Gasteiger partial charge in [-0.3, -0.25) is 0 Å². The van der Waals surface area contributed by atoms with E-state index in [1.807, 2.05) is 11.8 Å². The second-order valence-corrected chi connectivity index (χ2v) is 6.53. The highest BCUT2D eigenvalue weighted by Crippen LogP contribution is 2.26. The molecule has 0 radical (unpaired) electrons. The molecule has 2 heterocycles. The zero-order valence-corrected chi connectivity index (χ0v) is 12.0. The molecule has 1 unspecified atom stereocenters. The third-order valence-electron chi connectivity index (χ3n) is 3.75. The number of rotatable bonds is 4. The van der Waals surface area contributed by atoms with Crippen LogP contribution in [0.3, 0.4) is 0 Å². The minimum absolute atomic E-state index is 0.144. The highest BCUT2D eigenvalue weighted by Gasteiger charge is 2.25. The molecule has 3 rings (SSSR count). The van der Waals surface area contributed by atoms with Crippen LogP contribution in [0.5, 0.6) is 0 Å². The molecule has 2 aliphatic rings. The first kappa shape index (κ1) is 13.2. The molecule has 1 atom stereocenters. The van der Waals surface area contributed by atoms with Gasteiger partial charge in [-0.25, -0.2) is 9.37 Å². The molecule has 1 aliphatic heterocycles. The van der Waals surface area contributed by atoms with Gasteiger partial charge in [0.25, 0.3) is 0 Å². The van der Waals surface area contributed by atoms with Gasteiger partial charge in [0, 0.05) is 48.4 Å². The summed E-state index contributed by atoms with van der Waals surface area (Å²) in [6, 6.07) is 2.74. The Morgan fingerprint density at radius 1 is 1.53 bits per heavy atom. The number of thioether (sulfide) groups is 1. The molecule has 5 heteroatoms. The van der Waals surface area contributed by atoms with Crippen LogP contribution in [-0.2, 0) is 6.54 Å². The molecule has 19 heavy (non-hydrogen) atoms. The molecular weight excluding hydrogens is 261 g/mol. The van der Waals surface area contributed by atoms with Crippen molar-refractivity contribution in [3.63, 3.8) is 0 Å². The van der Waals surface area contributed by atoms with Gasteiger partial charge in [-0.1, -0.05) is 0 Å². The summed E-state index contributed by atoms with van der Waals surface area (Å²) in [4.78, 5) is 6.37. The summed E-state index contributed by atoms with van der Waals surface area (Å²) in [6.07, 6.45) is 4.18. The Hall–Kier alpha value is -0.810. The molecule has 2 fully saturated rings. The van der Waals surface area contributed by atoms with E-state index in [0.717, 1.165) is 23.6 Å². The number of hydrogen-bond donors (Lipinski definition) is 1. The third kappa shape index (κ3) is 3.03. The topological polar surface area (TPSA) is 28.2 Å². The van der Waals surface area contributed by atoms with E-state index >= 15 is 0 Å². The SMILES string of the molecule is CC1CSCCN1c1nccc(CNC2CC2)c1F. The summed E-state index contributed by atoms with van der Waals surface area (Å²) < 4.78 is 14.6.